The van der Waals surface area contributed by atoms with Crippen molar-refractivity contribution in [2.45, 2.75) is 6.54 Å². The Bertz CT molecular complexity index is 751. The first kappa shape index (κ1) is 14.7. The fourth-order valence-corrected chi connectivity index (χ4v) is 3.32. The van der Waals surface area contributed by atoms with Gasteiger partial charge >= 0.3 is 0 Å². The Kier molecular flexibility index (Phi) is 4.45. The number of aromatic nitrogens is 2. The van der Waals surface area contributed by atoms with Crippen LogP contribution in [0.3, 0.4) is 0 Å². The molecule has 3 heterocycles. The number of thiophene rings is 1. The van der Waals surface area contributed by atoms with Crippen LogP contribution in [-0.4, -0.2) is 23.0 Å². The number of methoxy groups -OCH3 is 1. The van der Waals surface area contributed by atoms with Crippen molar-refractivity contribution in [2.24, 2.45) is 0 Å². The average Bonchev–Trinajstić information content (AvgIpc) is 3.23. The van der Waals surface area contributed by atoms with Crippen LogP contribution >= 0.6 is 22.7 Å². The van der Waals surface area contributed by atoms with Gasteiger partial charge in [-0.15, -0.1) is 11.3 Å². The van der Waals surface area contributed by atoms with E-state index in [1.54, 1.807) is 36.1 Å². The lowest BCUT2D eigenvalue weighted by Gasteiger charge is -2.04. The molecule has 0 atom stereocenters. The largest absolute Gasteiger partial charge is 0.481 e. The molecule has 3 rings (SSSR count). The van der Waals surface area contributed by atoms with E-state index in [2.05, 4.69) is 15.3 Å². The molecule has 112 valence electrons. The summed E-state index contributed by atoms with van der Waals surface area (Å²) < 4.78 is 5.00. The summed E-state index contributed by atoms with van der Waals surface area (Å²) in [5.41, 5.74) is 2.39. The summed E-state index contributed by atoms with van der Waals surface area (Å²) in [5.74, 6) is 0.364. The van der Waals surface area contributed by atoms with Crippen LogP contribution in [0.25, 0.3) is 10.6 Å². The molecule has 1 N–H and O–H groups in total. The van der Waals surface area contributed by atoms with E-state index in [9.17, 15) is 4.79 Å². The summed E-state index contributed by atoms with van der Waals surface area (Å²) in [5, 5.41) is 9.48. The molecule has 1 amide bonds. The van der Waals surface area contributed by atoms with Crippen LogP contribution in [-0.2, 0) is 6.54 Å². The molecule has 0 unspecified atom stereocenters. The summed E-state index contributed by atoms with van der Waals surface area (Å²) in [7, 11) is 1.57. The molecule has 0 saturated carbocycles. The van der Waals surface area contributed by atoms with Crippen LogP contribution < -0.4 is 10.1 Å². The van der Waals surface area contributed by atoms with Gasteiger partial charge in [0.25, 0.3) is 5.91 Å². The van der Waals surface area contributed by atoms with Gasteiger partial charge in [-0.1, -0.05) is 6.07 Å². The number of pyridine rings is 1. The van der Waals surface area contributed by atoms with E-state index in [1.807, 2.05) is 22.9 Å². The number of amides is 1. The van der Waals surface area contributed by atoms with Gasteiger partial charge in [-0.3, -0.25) is 4.79 Å². The molecule has 0 fully saturated rings. The summed E-state index contributed by atoms with van der Waals surface area (Å²) >= 11 is 3.08. The standard InChI is InChI=1S/C15H13N3O2S2/c1-20-13-3-2-10(6-16-13)7-17-14(19)12-9-22-15(18-12)11-4-5-21-8-11/h2-6,8-9H,7H2,1H3,(H,17,19). The smallest absolute Gasteiger partial charge is 0.271 e. The van der Waals surface area contributed by atoms with Crippen LogP contribution in [0.5, 0.6) is 5.88 Å². The molecule has 0 aliphatic heterocycles. The highest BCUT2D eigenvalue weighted by Crippen LogP contribution is 2.25. The number of hydrogen-bond acceptors (Lipinski definition) is 6. The molecule has 0 aliphatic rings. The van der Waals surface area contributed by atoms with Crippen LogP contribution in [0.15, 0.2) is 40.5 Å². The highest BCUT2D eigenvalue weighted by Gasteiger charge is 2.11. The Hall–Kier alpha value is -2.25. The lowest BCUT2D eigenvalue weighted by molar-refractivity contribution is 0.0946. The third-order valence-electron chi connectivity index (χ3n) is 2.96. The van der Waals surface area contributed by atoms with Crippen LogP contribution in [0, 0.1) is 0 Å². The van der Waals surface area contributed by atoms with Gasteiger partial charge in [-0.25, -0.2) is 9.97 Å². The van der Waals surface area contributed by atoms with Crippen molar-refractivity contribution in [2.75, 3.05) is 7.11 Å². The predicted molar refractivity (Wildman–Crippen MR) is 87.4 cm³/mol. The number of rotatable bonds is 5. The lowest BCUT2D eigenvalue weighted by Crippen LogP contribution is -2.23. The quantitative estimate of drug-likeness (QED) is 0.780. The molecule has 0 saturated heterocycles. The predicted octanol–water partition coefficient (Wildman–Crippen LogP) is 3.21. The lowest BCUT2D eigenvalue weighted by atomic mass is 10.3. The van der Waals surface area contributed by atoms with Crippen LogP contribution in [0.4, 0.5) is 0 Å². The maximum atomic E-state index is 12.1. The summed E-state index contributed by atoms with van der Waals surface area (Å²) in [4.78, 5) is 20.6. The molecule has 3 aromatic rings. The number of carbonyl (C=O) groups excluding carboxylic acids is 1. The number of nitrogens with zero attached hydrogens (tertiary/aromatic N) is 2. The minimum absolute atomic E-state index is 0.187. The van der Waals surface area contributed by atoms with E-state index in [1.165, 1.54) is 11.3 Å². The van der Waals surface area contributed by atoms with Crippen LogP contribution in [0.2, 0.25) is 0 Å². The second-order valence-electron chi connectivity index (χ2n) is 4.44. The van der Waals surface area contributed by atoms with Crippen molar-refractivity contribution >= 4 is 28.6 Å². The number of thiazole rings is 1. The summed E-state index contributed by atoms with van der Waals surface area (Å²) in [6.45, 7) is 0.404. The summed E-state index contributed by atoms with van der Waals surface area (Å²) in [6.07, 6.45) is 1.68. The van der Waals surface area contributed by atoms with Gasteiger partial charge in [-0.05, 0) is 17.0 Å². The van der Waals surface area contributed by atoms with Gasteiger partial charge in [0, 0.05) is 35.1 Å². The van der Waals surface area contributed by atoms with Crippen molar-refractivity contribution in [3.63, 3.8) is 0 Å². The Morgan fingerprint density at radius 3 is 2.91 bits per heavy atom. The third-order valence-corrected chi connectivity index (χ3v) is 4.54. The molecule has 0 aromatic carbocycles. The van der Waals surface area contributed by atoms with E-state index in [0.29, 0.717) is 18.1 Å². The second kappa shape index (κ2) is 6.67. The van der Waals surface area contributed by atoms with Crippen LogP contribution in [0.1, 0.15) is 16.1 Å². The zero-order valence-corrected chi connectivity index (χ0v) is 13.4. The van der Waals surface area contributed by atoms with Crippen molar-refractivity contribution in [1.29, 1.82) is 0 Å². The first-order valence-electron chi connectivity index (χ1n) is 6.51. The zero-order chi connectivity index (χ0) is 15.4. The number of carbonyl (C=O) groups is 1. The second-order valence-corrected chi connectivity index (χ2v) is 6.08. The average molecular weight is 331 g/mol. The van der Waals surface area contributed by atoms with E-state index in [-0.39, 0.29) is 5.91 Å². The molecule has 0 aliphatic carbocycles. The van der Waals surface area contributed by atoms with Gasteiger partial charge in [0.15, 0.2) is 0 Å². The highest BCUT2D eigenvalue weighted by molar-refractivity contribution is 7.14. The molecular weight excluding hydrogens is 318 g/mol. The molecule has 0 spiro atoms. The number of nitrogens with one attached hydrogen (secondary N) is 1. The molecular formula is C15H13N3O2S2. The molecule has 0 radical (unpaired) electrons. The number of ether oxygens (including phenoxy) is 1. The van der Waals surface area contributed by atoms with Gasteiger partial charge in [0.1, 0.15) is 10.7 Å². The van der Waals surface area contributed by atoms with Crippen molar-refractivity contribution in [3.8, 4) is 16.5 Å². The van der Waals surface area contributed by atoms with Gasteiger partial charge in [0.2, 0.25) is 5.88 Å². The highest BCUT2D eigenvalue weighted by atomic mass is 32.1. The maximum Gasteiger partial charge on any atom is 0.271 e. The molecule has 0 bridgehead atoms. The minimum Gasteiger partial charge on any atom is -0.481 e. The van der Waals surface area contributed by atoms with E-state index in [4.69, 9.17) is 4.74 Å². The Morgan fingerprint density at radius 1 is 1.32 bits per heavy atom. The molecule has 3 aromatic heterocycles. The topological polar surface area (TPSA) is 64.1 Å². The van der Waals surface area contributed by atoms with Gasteiger partial charge in [0.05, 0.1) is 7.11 Å². The SMILES string of the molecule is COc1ccc(CNC(=O)c2csc(-c3ccsc3)n2)cn1. The Morgan fingerprint density at radius 2 is 2.23 bits per heavy atom. The summed E-state index contributed by atoms with van der Waals surface area (Å²) in [6, 6.07) is 5.62. The third kappa shape index (κ3) is 3.32. The maximum absolute atomic E-state index is 12.1. The Labute approximate surface area is 135 Å². The monoisotopic (exact) mass is 331 g/mol. The zero-order valence-electron chi connectivity index (χ0n) is 11.8. The van der Waals surface area contributed by atoms with E-state index in [0.717, 1.165) is 16.1 Å². The fraction of sp³-hybridized carbons (Fsp3) is 0.133. The fourth-order valence-electron chi connectivity index (χ4n) is 1.81. The first-order valence-corrected chi connectivity index (χ1v) is 8.34. The minimum atomic E-state index is -0.187. The molecule has 5 nitrogen and oxygen atoms in total. The van der Waals surface area contributed by atoms with Crippen molar-refractivity contribution < 1.29 is 9.53 Å². The van der Waals surface area contributed by atoms with E-state index >= 15 is 0 Å². The molecule has 7 heteroatoms. The van der Waals surface area contributed by atoms with Crippen molar-refractivity contribution in [1.82, 2.24) is 15.3 Å². The van der Waals surface area contributed by atoms with Gasteiger partial charge in [-0.2, -0.15) is 11.3 Å². The van der Waals surface area contributed by atoms with Crippen molar-refractivity contribution in [3.05, 3.63) is 51.8 Å². The molecule has 22 heavy (non-hydrogen) atoms. The first-order chi connectivity index (χ1) is 10.8. The van der Waals surface area contributed by atoms with E-state index < -0.39 is 0 Å². The van der Waals surface area contributed by atoms with Gasteiger partial charge < -0.3 is 10.1 Å². The number of hydrogen-bond donors (Lipinski definition) is 1. The Balaban J connectivity index is 1.62. The normalized spacial score (nSPS) is 10.4.